The van der Waals surface area contributed by atoms with Crippen molar-refractivity contribution >= 4 is 5.82 Å². The number of hydrogen-bond donors (Lipinski definition) is 1. The molecule has 100 valence electrons. The van der Waals surface area contributed by atoms with Gasteiger partial charge in [0.25, 0.3) is 0 Å². The first-order valence-corrected chi connectivity index (χ1v) is 6.42. The van der Waals surface area contributed by atoms with Gasteiger partial charge in [0.05, 0.1) is 0 Å². The van der Waals surface area contributed by atoms with E-state index in [1.807, 2.05) is 37.4 Å². The van der Waals surface area contributed by atoms with Gasteiger partial charge in [-0.05, 0) is 17.5 Å². The highest BCUT2D eigenvalue weighted by atomic mass is 16.5. The normalized spacial score (nSPS) is 11.2. The standard InChI is InChI=1S/C16H20N2O/c1-16(2,3)13-7-5-6-8-14(13)19-12-9-10-18-15(11-12)17-4/h5-11H,1-4H3,(H,17,18). The van der Waals surface area contributed by atoms with Gasteiger partial charge in [-0.3, -0.25) is 0 Å². The van der Waals surface area contributed by atoms with E-state index in [1.165, 1.54) is 5.56 Å². The molecule has 0 aliphatic carbocycles. The van der Waals surface area contributed by atoms with Gasteiger partial charge in [0.15, 0.2) is 0 Å². The molecule has 0 atom stereocenters. The number of benzene rings is 1. The Morgan fingerprint density at radius 1 is 1.11 bits per heavy atom. The summed E-state index contributed by atoms with van der Waals surface area (Å²) in [5.74, 6) is 2.48. The van der Waals surface area contributed by atoms with E-state index in [-0.39, 0.29) is 5.41 Å². The van der Waals surface area contributed by atoms with E-state index in [0.29, 0.717) is 0 Å². The molecule has 1 aromatic carbocycles. The van der Waals surface area contributed by atoms with Gasteiger partial charge in [0, 0.05) is 24.9 Å². The third-order valence-electron chi connectivity index (χ3n) is 2.91. The van der Waals surface area contributed by atoms with E-state index in [9.17, 15) is 0 Å². The largest absolute Gasteiger partial charge is 0.457 e. The van der Waals surface area contributed by atoms with Crippen LogP contribution in [-0.2, 0) is 5.41 Å². The number of ether oxygens (including phenoxy) is 1. The molecule has 1 N–H and O–H groups in total. The summed E-state index contributed by atoms with van der Waals surface area (Å²) in [5.41, 5.74) is 1.24. The van der Waals surface area contributed by atoms with E-state index in [2.05, 4.69) is 37.1 Å². The van der Waals surface area contributed by atoms with Gasteiger partial charge in [0.2, 0.25) is 0 Å². The summed E-state index contributed by atoms with van der Waals surface area (Å²) in [4.78, 5) is 4.18. The number of pyridine rings is 1. The Morgan fingerprint density at radius 2 is 1.84 bits per heavy atom. The van der Waals surface area contributed by atoms with Crippen molar-refractivity contribution in [1.29, 1.82) is 0 Å². The molecule has 2 aromatic rings. The van der Waals surface area contributed by atoms with E-state index >= 15 is 0 Å². The maximum atomic E-state index is 6.00. The second-order valence-corrected chi connectivity index (χ2v) is 5.48. The minimum absolute atomic E-state index is 0.0511. The number of aromatic nitrogens is 1. The Labute approximate surface area is 114 Å². The van der Waals surface area contributed by atoms with Gasteiger partial charge < -0.3 is 10.1 Å². The van der Waals surface area contributed by atoms with Crippen LogP contribution < -0.4 is 10.1 Å². The van der Waals surface area contributed by atoms with Crippen LogP contribution in [0.4, 0.5) is 5.82 Å². The first kappa shape index (κ1) is 13.4. The number of para-hydroxylation sites is 1. The Hall–Kier alpha value is -2.03. The lowest BCUT2D eigenvalue weighted by atomic mass is 9.86. The number of rotatable bonds is 3. The zero-order valence-corrected chi connectivity index (χ0v) is 11.9. The molecule has 0 aliphatic heterocycles. The van der Waals surface area contributed by atoms with E-state index < -0.39 is 0 Å². The number of nitrogens with one attached hydrogen (secondary N) is 1. The molecule has 1 aromatic heterocycles. The van der Waals surface area contributed by atoms with Crippen LogP contribution in [0.5, 0.6) is 11.5 Å². The SMILES string of the molecule is CNc1cc(Oc2ccccc2C(C)(C)C)ccn1. The molecule has 0 unspecified atom stereocenters. The highest BCUT2D eigenvalue weighted by molar-refractivity contribution is 5.45. The zero-order valence-electron chi connectivity index (χ0n) is 11.9. The van der Waals surface area contributed by atoms with Crippen molar-refractivity contribution in [2.45, 2.75) is 26.2 Å². The average Bonchev–Trinajstić information content (AvgIpc) is 2.38. The van der Waals surface area contributed by atoms with E-state index in [4.69, 9.17) is 4.74 Å². The van der Waals surface area contributed by atoms with Crippen LogP contribution in [0.1, 0.15) is 26.3 Å². The molecule has 0 spiro atoms. The van der Waals surface area contributed by atoms with E-state index in [1.54, 1.807) is 6.20 Å². The number of hydrogen-bond acceptors (Lipinski definition) is 3. The number of anilines is 1. The molecule has 0 aliphatic rings. The third kappa shape index (κ3) is 3.25. The highest BCUT2D eigenvalue weighted by Gasteiger charge is 2.18. The molecule has 1 heterocycles. The molecule has 2 rings (SSSR count). The summed E-state index contributed by atoms with van der Waals surface area (Å²) >= 11 is 0. The molecule has 3 nitrogen and oxygen atoms in total. The van der Waals surface area contributed by atoms with Crippen molar-refractivity contribution in [2.75, 3.05) is 12.4 Å². The summed E-state index contributed by atoms with van der Waals surface area (Å²) in [5, 5.41) is 3.01. The van der Waals surface area contributed by atoms with Crippen LogP contribution in [0.3, 0.4) is 0 Å². The molecule has 0 fully saturated rings. The smallest absolute Gasteiger partial charge is 0.132 e. The molecular weight excluding hydrogens is 236 g/mol. The van der Waals surface area contributed by atoms with Crippen LogP contribution in [0.15, 0.2) is 42.6 Å². The van der Waals surface area contributed by atoms with Crippen molar-refractivity contribution in [1.82, 2.24) is 4.98 Å². The van der Waals surface area contributed by atoms with Crippen molar-refractivity contribution < 1.29 is 4.74 Å². The fourth-order valence-electron chi connectivity index (χ4n) is 1.91. The monoisotopic (exact) mass is 256 g/mol. The van der Waals surface area contributed by atoms with Crippen molar-refractivity contribution in [3.05, 3.63) is 48.2 Å². The van der Waals surface area contributed by atoms with Gasteiger partial charge in [-0.25, -0.2) is 4.98 Å². The first-order chi connectivity index (χ1) is 9.00. The Bertz CT molecular complexity index is 559. The maximum Gasteiger partial charge on any atom is 0.132 e. The summed E-state index contributed by atoms with van der Waals surface area (Å²) < 4.78 is 6.00. The van der Waals surface area contributed by atoms with Gasteiger partial charge in [-0.1, -0.05) is 39.0 Å². The first-order valence-electron chi connectivity index (χ1n) is 6.42. The molecule has 0 amide bonds. The Morgan fingerprint density at radius 3 is 2.53 bits per heavy atom. The minimum atomic E-state index is 0.0511. The summed E-state index contributed by atoms with van der Waals surface area (Å²) in [6.07, 6.45) is 1.74. The van der Waals surface area contributed by atoms with Crippen LogP contribution in [0.2, 0.25) is 0 Å². The lowest BCUT2D eigenvalue weighted by molar-refractivity contribution is 0.455. The molecule has 19 heavy (non-hydrogen) atoms. The topological polar surface area (TPSA) is 34.1 Å². The van der Waals surface area contributed by atoms with Crippen LogP contribution in [0.25, 0.3) is 0 Å². The molecular formula is C16H20N2O. The average molecular weight is 256 g/mol. The van der Waals surface area contributed by atoms with E-state index in [0.717, 1.165) is 17.3 Å². The van der Waals surface area contributed by atoms with Crippen molar-refractivity contribution in [3.8, 4) is 11.5 Å². The van der Waals surface area contributed by atoms with Gasteiger partial charge in [0.1, 0.15) is 17.3 Å². The number of nitrogens with zero attached hydrogens (tertiary/aromatic N) is 1. The van der Waals surface area contributed by atoms with Gasteiger partial charge >= 0.3 is 0 Å². The summed E-state index contributed by atoms with van der Waals surface area (Å²) in [6, 6.07) is 11.9. The van der Waals surface area contributed by atoms with Crippen molar-refractivity contribution in [3.63, 3.8) is 0 Å². The van der Waals surface area contributed by atoms with Gasteiger partial charge in [-0.2, -0.15) is 0 Å². The molecule has 0 bridgehead atoms. The van der Waals surface area contributed by atoms with Gasteiger partial charge in [-0.15, -0.1) is 0 Å². The molecule has 0 saturated carbocycles. The minimum Gasteiger partial charge on any atom is -0.457 e. The Balaban J connectivity index is 2.33. The summed E-state index contributed by atoms with van der Waals surface area (Å²) in [7, 11) is 1.84. The van der Waals surface area contributed by atoms with Crippen molar-refractivity contribution in [2.24, 2.45) is 0 Å². The van der Waals surface area contributed by atoms with Crippen LogP contribution in [0, 0.1) is 0 Å². The Kier molecular flexibility index (Phi) is 3.74. The zero-order chi connectivity index (χ0) is 13.9. The predicted octanol–water partition coefficient (Wildman–Crippen LogP) is 4.21. The fraction of sp³-hybridized carbons (Fsp3) is 0.312. The fourth-order valence-corrected chi connectivity index (χ4v) is 1.91. The van der Waals surface area contributed by atoms with Crippen LogP contribution >= 0.6 is 0 Å². The lowest BCUT2D eigenvalue weighted by Crippen LogP contribution is -2.12. The predicted molar refractivity (Wildman–Crippen MR) is 79.0 cm³/mol. The molecule has 3 heteroatoms. The molecule has 0 saturated heterocycles. The highest BCUT2D eigenvalue weighted by Crippen LogP contribution is 2.34. The quantitative estimate of drug-likeness (QED) is 0.893. The lowest BCUT2D eigenvalue weighted by Gasteiger charge is -2.22. The second-order valence-electron chi connectivity index (χ2n) is 5.48. The maximum absolute atomic E-state index is 6.00. The van der Waals surface area contributed by atoms with Crippen LogP contribution in [-0.4, -0.2) is 12.0 Å². The second kappa shape index (κ2) is 5.31. The molecule has 0 radical (unpaired) electrons. The third-order valence-corrected chi connectivity index (χ3v) is 2.91. The summed E-state index contributed by atoms with van der Waals surface area (Å²) in [6.45, 7) is 6.54.